The molecule has 1 aromatic carbocycles. The molecule has 0 aliphatic rings. The van der Waals surface area contributed by atoms with E-state index in [9.17, 15) is 4.79 Å². The van der Waals surface area contributed by atoms with E-state index in [2.05, 4.69) is 26.0 Å². The molecule has 4 heteroatoms. The van der Waals surface area contributed by atoms with Gasteiger partial charge in [0.2, 0.25) is 0 Å². The lowest BCUT2D eigenvalue weighted by molar-refractivity contribution is -0.135. The number of esters is 1. The zero-order valence-electron chi connectivity index (χ0n) is 12.6. The number of hydrogen-bond donors (Lipinski definition) is 0. The van der Waals surface area contributed by atoms with Crippen molar-refractivity contribution in [3.8, 4) is 6.07 Å². The summed E-state index contributed by atoms with van der Waals surface area (Å²) in [4.78, 5) is 13.0. The van der Waals surface area contributed by atoms with Crippen LogP contribution in [0.4, 0.5) is 0 Å². The predicted octanol–water partition coefficient (Wildman–Crippen LogP) is 4.48. The molecule has 0 saturated heterocycles. The van der Waals surface area contributed by atoms with E-state index >= 15 is 0 Å². The topological polar surface area (TPSA) is 50.1 Å². The molecule has 1 heterocycles. The number of carbonyl (C=O) groups excluding carboxylic acids is 1. The smallest absolute Gasteiger partial charge is 0.340 e. The Hall–Kier alpha value is -2.38. The van der Waals surface area contributed by atoms with Gasteiger partial charge in [-0.3, -0.25) is 0 Å². The quantitative estimate of drug-likeness (QED) is 0.604. The lowest BCUT2D eigenvalue weighted by atomic mass is 10.0. The van der Waals surface area contributed by atoms with Crippen molar-refractivity contribution in [2.24, 2.45) is 0 Å². The molecular weight excluding hydrogens is 294 g/mol. The number of nitriles is 1. The Bertz CT molecular complexity index is 692. The van der Waals surface area contributed by atoms with Gasteiger partial charge in [-0.15, -0.1) is 11.3 Å². The maximum absolute atomic E-state index is 12.1. The maximum Gasteiger partial charge on any atom is 0.340 e. The summed E-state index contributed by atoms with van der Waals surface area (Å²) in [6.45, 7) is 4.04. The van der Waals surface area contributed by atoms with Gasteiger partial charge in [-0.1, -0.05) is 44.2 Å². The van der Waals surface area contributed by atoms with Crippen molar-refractivity contribution in [2.45, 2.75) is 19.8 Å². The Labute approximate surface area is 134 Å². The molecule has 0 amide bonds. The molecule has 0 atom stereocenters. The van der Waals surface area contributed by atoms with Crippen molar-refractivity contribution in [2.75, 3.05) is 6.61 Å². The molecule has 0 saturated carbocycles. The van der Waals surface area contributed by atoms with E-state index < -0.39 is 5.97 Å². The second-order valence-corrected chi connectivity index (χ2v) is 6.04. The molecule has 0 bridgehead atoms. The highest BCUT2D eigenvalue weighted by atomic mass is 32.1. The fourth-order valence-electron chi connectivity index (χ4n) is 1.98. The van der Waals surface area contributed by atoms with Gasteiger partial charge in [0.05, 0.1) is 5.57 Å². The van der Waals surface area contributed by atoms with Gasteiger partial charge in [0.1, 0.15) is 6.07 Å². The average molecular weight is 311 g/mol. The maximum atomic E-state index is 12.1. The van der Waals surface area contributed by atoms with Gasteiger partial charge in [-0.2, -0.15) is 5.26 Å². The number of nitrogens with zero attached hydrogens (tertiary/aromatic N) is 1. The molecule has 0 spiro atoms. The van der Waals surface area contributed by atoms with Crippen LogP contribution in [0.25, 0.3) is 11.6 Å². The highest BCUT2D eigenvalue weighted by molar-refractivity contribution is 7.11. The fourth-order valence-corrected chi connectivity index (χ4v) is 2.71. The molecule has 2 rings (SSSR count). The van der Waals surface area contributed by atoms with Crippen LogP contribution < -0.4 is 0 Å². The van der Waals surface area contributed by atoms with Crippen LogP contribution in [-0.4, -0.2) is 12.6 Å². The molecule has 2 aromatic rings. The van der Waals surface area contributed by atoms with Gasteiger partial charge in [0.25, 0.3) is 0 Å². The lowest BCUT2D eigenvalue weighted by Gasteiger charge is -2.07. The third-order valence-corrected chi connectivity index (χ3v) is 4.09. The van der Waals surface area contributed by atoms with Crippen LogP contribution in [0.1, 0.15) is 35.8 Å². The normalized spacial score (nSPS) is 11.3. The third kappa shape index (κ3) is 4.06. The summed E-state index contributed by atoms with van der Waals surface area (Å²) in [7, 11) is 0. The van der Waals surface area contributed by atoms with Crippen molar-refractivity contribution in [1.29, 1.82) is 5.26 Å². The van der Waals surface area contributed by atoms with Crippen LogP contribution in [0.2, 0.25) is 0 Å². The molecule has 0 aliphatic carbocycles. The van der Waals surface area contributed by atoms with Crippen molar-refractivity contribution >= 4 is 29.0 Å². The Kier molecular flexibility index (Phi) is 5.51. The summed E-state index contributed by atoms with van der Waals surface area (Å²) in [5.74, 6) is -0.00711. The number of benzene rings is 1. The molecular formula is C18H17NO2S. The van der Waals surface area contributed by atoms with Crippen molar-refractivity contribution in [1.82, 2.24) is 0 Å². The summed E-state index contributed by atoms with van der Waals surface area (Å²) < 4.78 is 4.95. The second-order valence-electron chi connectivity index (χ2n) is 5.09. The van der Waals surface area contributed by atoms with Crippen LogP contribution in [0.3, 0.4) is 0 Å². The van der Waals surface area contributed by atoms with E-state index in [0.717, 1.165) is 10.4 Å². The Morgan fingerprint density at radius 3 is 2.59 bits per heavy atom. The fraction of sp³-hybridized carbons (Fsp3) is 0.222. The highest BCUT2D eigenvalue weighted by Crippen LogP contribution is 2.25. The summed E-state index contributed by atoms with van der Waals surface area (Å²) in [5.41, 5.74) is 2.66. The molecule has 0 aliphatic heterocycles. The minimum Gasteiger partial charge on any atom is -0.447 e. The number of rotatable bonds is 5. The average Bonchev–Trinajstić information content (AvgIpc) is 3.04. The first-order valence-electron chi connectivity index (χ1n) is 7.01. The molecule has 0 unspecified atom stereocenters. The van der Waals surface area contributed by atoms with Gasteiger partial charge in [0.15, 0.2) is 6.61 Å². The number of thiophene rings is 1. The molecule has 112 valence electrons. The second kappa shape index (κ2) is 7.58. The van der Waals surface area contributed by atoms with Crippen molar-refractivity contribution in [3.63, 3.8) is 0 Å². The Morgan fingerprint density at radius 1 is 1.32 bits per heavy atom. The molecule has 1 aromatic heterocycles. The zero-order valence-corrected chi connectivity index (χ0v) is 13.4. The highest BCUT2D eigenvalue weighted by Gasteiger charge is 2.14. The Morgan fingerprint density at radius 2 is 2.05 bits per heavy atom. The number of ether oxygens (including phenoxy) is 1. The standard InChI is InChI=1S/C18H17NO2S/c1-13(2)15-7-5-14(6-8-15)12-16(17-4-3-11-22-17)18(20)21-10-9-19/h3-8,11-13H,10H2,1-2H3/b16-12+. The van der Waals surface area contributed by atoms with Gasteiger partial charge in [-0.05, 0) is 34.6 Å². The zero-order chi connectivity index (χ0) is 15.9. The van der Waals surface area contributed by atoms with Crippen LogP contribution in [-0.2, 0) is 9.53 Å². The molecule has 0 radical (unpaired) electrons. The minimum atomic E-state index is -0.475. The van der Waals surface area contributed by atoms with Gasteiger partial charge in [0, 0.05) is 4.88 Å². The molecule has 22 heavy (non-hydrogen) atoms. The monoisotopic (exact) mass is 311 g/mol. The minimum absolute atomic E-state index is 0.242. The first-order chi connectivity index (χ1) is 10.6. The first-order valence-corrected chi connectivity index (χ1v) is 7.89. The molecule has 0 N–H and O–H groups in total. The summed E-state index contributed by atoms with van der Waals surface area (Å²) in [5, 5.41) is 10.5. The number of hydrogen-bond acceptors (Lipinski definition) is 4. The number of carbonyl (C=O) groups is 1. The first kappa shape index (κ1) is 16.0. The summed E-state index contributed by atoms with van der Waals surface area (Å²) in [6, 6.07) is 13.7. The van der Waals surface area contributed by atoms with Gasteiger partial charge < -0.3 is 4.74 Å². The van der Waals surface area contributed by atoms with E-state index in [1.54, 1.807) is 6.08 Å². The van der Waals surface area contributed by atoms with Crippen molar-refractivity contribution in [3.05, 3.63) is 57.8 Å². The lowest BCUT2D eigenvalue weighted by Crippen LogP contribution is -2.06. The molecule has 3 nitrogen and oxygen atoms in total. The third-order valence-electron chi connectivity index (χ3n) is 3.19. The SMILES string of the molecule is CC(C)c1ccc(/C=C(/C(=O)OCC#N)c2cccs2)cc1. The van der Waals surface area contributed by atoms with Gasteiger partial charge in [-0.25, -0.2) is 4.79 Å². The van der Waals surface area contributed by atoms with E-state index in [4.69, 9.17) is 10.00 Å². The van der Waals surface area contributed by atoms with Crippen LogP contribution in [0, 0.1) is 11.3 Å². The van der Waals surface area contributed by atoms with Crippen LogP contribution in [0.5, 0.6) is 0 Å². The van der Waals surface area contributed by atoms with Crippen LogP contribution >= 0.6 is 11.3 Å². The van der Waals surface area contributed by atoms with Crippen molar-refractivity contribution < 1.29 is 9.53 Å². The van der Waals surface area contributed by atoms with E-state index in [-0.39, 0.29) is 6.61 Å². The summed E-state index contributed by atoms with van der Waals surface area (Å²) in [6.07, 6.45) is 1.80. The van der Waals surface area contributed by atoms with E-state index in [0.29, 0.717) is 11.5 Å². The summed E-state index contributed by atoms with van der Waals surface area (Å²) >= 11 is 1.47. The van der Waals surface area contributed by atoms with E-state index in [1.165, 1.54) is 16.9 Å². The van der Waals surface area contributed by atoms with Crippen LogP contribution in [0.15, 0.2) is 41.8 Å². The van der Waals surface area contributed by atoms with E-state index in [1.807, 2.05) is 35.7 Å². The predicted molar refractivity (Wildman–Crippen MR) is 89.3 cm³/mol. The largest absolute Gasteiger partial charge is 0.447 e. The van der Waals surface area contributed by atoms with Gasteiger partial charge >= 0.3 is 5.97 Å². The molecule has 0 fully saturated rings. The Balaban J connectivity index is 2.32.